The number of amides is 2. The van der Waals surface area contributed by atoms with E-state index >= 15 is 0 Å². The minimum absolute atomic E-state index is 0.186. The molecule has 3 rings (SSSR count). The second kappa shape index (κ2) is 5.10. The summed E-state index contributed by atoms with van der Waals surface area (Å²) < 4.78 is 0. The SMILES string of the molecule is O=C1Cc2cc(Cl)ccc2C(=O)N1Cc1ccccc1. The van der Waals surface area contributed by atoms with E-state index in [1.165, 1.54) is 4.90 Å². The van der Waals surface area contributed by atoms with Crippen molar-refractivity contribution >= 4 is 23.4 Å². The van der Waals surface area contributed by atoms with E-state index in [1.54, 1.807) is 18.2 Å². The van der Waals surface area contributed by atoms with Crippen LogP contribution in [0, 0.1) is 0 Å². The zero-order chi connectivity index (χ0) is 14.1. The van der Waals surface area contributed by atoms with Crippen LogP contribution in [0.25, 0.3) is 0 Å². The molecule has 0 bridgehead atoms. The molecule has 20 heavy (non-hydrogen) atoms. The first-order valence-corrected chi connectivity index (χ1v) is 6.70. The lowest BCUT2D eigenvalue weighted by molar-refractivity contribution is -0.128. The average molecular weight is 286 g/mol. The molecule has 3 nitrogen and oxygen atoms in total. The molecule has 2 aromatic carbocycles. The minimum atomic E-state index is -0.253. The summed E-state index contributed by atoms with van der Waals surface area (Å²) in [5.74, 6) is -0.439. The molecule has 0 fully saturated rings. The number of rotatable bonds is 2. The van der Waals surface area contributed by atoms with Crippen LogP contribution in [-0.4, -0.2) is 16.7 Å². The summed E-state index contributed by atoms with van der Waals surface area (Å²) in [6.45, 7) is 0.306. The van der Waals surface area contributed by atoms with E-state index in [9.17, 15) is 9.59 Å². The third-order valence-corrected chi connectivity index (χ3v) is 3.60. The fourth-order valence-electron chi connectivity index (χ4n) is 2.36. The Morgan fingerprint density at radius 3 is 2.55 bits per heavy atom. The highest BCUT2D eigenvalue weighted by Crippen LogP contribution is 2.24. The smallest absolute Gasteiger partial charge is 0.261 e. The lowest BCUT2D eigenvalue weighted by atomic mass is 9.98. The van der Waals surface area contributed by atoms with E-state index in [-0.39, 0.29) is 18.2 Å². The number of benzene rings is 2. The summed E-state index contributed by atoms with van der Waals surface area (Å²) in [7, 11) is 0. The second-order valence-corrected chi connectivity index (χ2v) is 5.19. The Hall–Kier alpha value is -2.13. The molecule has 1 heterocycles. The Bertz CT molecular complexity index is 682. The predicted molar refractivity (Wildman–Crippen MR) is 76.5 cm³/mol. The molecule has 0 aliphatic carbocycles. The Balaban J connectivity index is 1.92. The molecule has 2 amide bonds. The van der Waals surface area contributed by atoms with Gasteiger partial charge in [-0.2, -0.15) is 0 Å². The summed E-state index contributed by atoms with van der Waals surface area (Å²) >= 11 is 5.90. The van der Waals surface area contributed by atoms with Crippen LogP contribution in [0.5, 0.6) is 0 Å². The standard InChI is InChI=1S/C16H12ClNO2/c17-13-6-7-14-12(8-13)9-15(19)18(16(14)20)10-11-4-2-1-3-5-11/h1-8H,9-10H2. The van der Waals surface area contributed by atoms with Gasteiger partial charge in [0.25, 0.3) is 5.91 Å². The maximum Gasteiger partial charge on any atom is 0.261 e. The maximum atomic E-state index is 12.4. The van der Waals surface area contributed by atoms with E-state index in [0.29, 0.717) is 22.7 Å². The number of imide groups is 1. The fourth-order valence-corrected chi connectivity index (χ4v) is 2.55. The summed E-state index contributed by atoms with van der Waals surface area (Å²) in [5.41, 5.74) is 2.20. The number of nitrogens with zero attached hydrogens (tertiary/aromatic N) is 1. The Kier molecular flexibility index (Phi) is 3.28. The average Bonchev–Trinajstić information content (AvgIpc) is 2.44. The number of halogens is 1. The molecule has 0 radical (unpaired) electrons. The van der Waals surface area contributed by atoms with E-state index in [4.69, 9.17) is 11.6 Å². The van der Waals surface area contributed by atoms with Crippen molar-refractivity contribution in [2.24, 2.45) is 0 Å². The monoisotopic (exact) mass is 285 g/mol. The number of carbonyl (C=O) groups excluding carboxylic acids is 2. The van der Waals surface area contributed by atoms with E-state index in [2.05, 4.69) is 0 Å². The third kappa shape index (κ3) is 2.32. The summed E-state index contributed by atoms with van der Waals surface area (Å²) in [6, 6.07) is 14.5. The van der Waals surface area contributed by atoms with Crippen LogP contribution >= 0.6 is 11.6 Å². The Labute approximate surface area is 121 Å². The highest BCUT2D eigenvalue weighted by atomic mass is 35.5. The quantitative estimate of drug-likeness (QED) is 0.795. The highest BCUT2D eigenvalue weighted by molar-refractivity contribution is 6.31. The van der Waals surface area contributed by atoms with E-state index < -0.39 is 0 Å². The molecular formula is C16H12ClNO2. The summed E-state index contributed by atoms with van der Waals surface area (Å²) in [4.78, 5) is 25.8. The Morgan fingerprint density at radius 2 is 1.80 bits per heavy atom. The number of hydrogen-bond donors (Lipinski definition) is 0. The molecule has 0 saturated carbocycles. The summed E-state index contributed by atoms with van der Waals surface area (Å²) in [6.07, 6.45) is 0.217. The molecule has 0 atom stereocenters. The topological polar surface area (TPSA) is 37.4 Å². The molecule has 0 N–H and O–H groups in total. The summed E-state index contributed by atoms with van der Waals surface area (Å²) in [5, 5.41) is 0.542. The van der Waals surface area contributed by atoms with Gasteiger partial charge in [0.2, 0.25) is 5.91 Å². The van der Waals surface area contributed by atoms with Crippen molar-refractivity contribution in [2.75, 3.05) is 0 Å². The lowest BCUT2D eigenvalue weighted by Gasteiger charge is -2.27. The number of carbonyl (C=O) groups is 2. The van der Waals surface area contributed by atoms with Gasteiger partial charge in [-0.3, -0.25) is 14.5 Å². The van der Waals surface area contributed by atoms with Crippen LogP contribution in [-0.2, 0) is 17.8 Å². The molecule has 4 heteroatoms. The minimum Gasteiger partial charge on any atom is -0.274 e. The first kappa shape index (κ1) is 12.9. The molecular weight excluding hydrogens is 274 g/mol. The van der Waals surface area contributed by atoms with Gasteiger partial charge in [0.15, 0.2) is 0 Å². The van der Waals surface area contributed by atoms with Crippen LogP contribution < -0.4 is 0 Å². The van der Waals surface area contributed by atoms with Gasteiger partial charge in [0.1, 0.15) is 0 Å². The zero-order valence-corrected chi connectivity index (χ0v) is 11.4. The highest BCUT2D eigenvalue weighted by Gasteiger charge is 2.30. The number of fused-ring (bicyclic) bond motifs is 1. The number of hydrogen-bond acceptors (Lipinski definition) is 2. The van der Waals surface area contributed by atoms with Crippen molar-refractivity contribution in [2.45, 2.75) is 13.0 Å². The normalized spacial score (nSPS) is 14.3. The van der Waals surface area contributed by atoms with Gasteiger partial charge in [-0.05, 0) is 29.3 Å². The van der Waals surface area contributed by atoms with Gasteiger partial charge in [-0.1, -0.05) is 41.9 Å². The zero-order valence-electron chi connectivity index (χ0n) is 10.7. The third-order valence-electron chi connectivity index (χ3n) is 3.37. The molecule has 1 aliphatic rings. The first-order chi connectivity index (χ1) is 9.65. The second-order valence-electron chi connectivity index (χ2n) is 4.75. The molecule has 0 aromatic heterocycles. The van der Waals surface area contributed by atoms with Gasteiger partial charge in [-0.15, -0.1) is 0 Å². The predicted octanol–water partition coefficient (Wildman–Crippen LogP) is 3.07. The van der Waals surface area contributed by atoms with Crippen LogP contribution in [0.15, 0.2) is 48.5 Å². The van der Waals surface area contributed by atoms with Gasteiger partial charge < -0.3 is 0 Å². The molecule has 2 aromatic rings. The molecule has 1 aliphatic heterocycles. The van der Waals surface area contributed by atoms with Crippen molar-refractivity contribution in [3.63, 3.8) is 0 Å². The van der Waals surface area contributed by atoms with Crippen LogP contribution in [0.3, 0.4) is 0 Å². The van der Waals surface area contributed by atoms with Gasteiger partial charge in [0, 0.05) is 10.6 Å². The Morgan fingerprint density at radius 1 is 1.05 bits per heavy atom. The molecule has 0 saturated heterocycles. The lowest BCUT2D eigenvalue weighted by Crippen LogP contribution is -2.41. The van der Waals surface area contributed by atoms with Crippen molar-refractivity contribution in [1.82, 2.24) is 4.90 Å². The van der Waals surface area contributed by atoms with Crippen LogP contribution in [0.1, 0.15) is 21.5 Å². The van der Waals surface area contributed by atoms with Crippen LogP contribution in [0.4, 0.5) is 0 Å². The maximum absolute atomic E-state index is 12.4. The van der Waals surface area contributed by atoms with Gasteiger partial charge in [0.05, 0.1) is 13.0 Å². The first-order valence-electron chi connectivity index (χ1n) is 6.32. The molecule has 0 spiro atoms. The van der Waals surface area contributed by atoms with Crippen LogP contribution in [0.2, 0.25) is 5.02 Å². The molecule has 0 unspecified atom stereocenters. The van der Waals surface area contributed by atoms with E-state index in [1.807, 2.05) is 30.3 Å². The fraction of sp³-hybridized carbons (Fsp3) is 0.125. The van der Waals surface area contributed by atoms with Gasteiger partial charge >= 0.3 is 0 Å². The van der Waals surface area contributed by atoms with Gasteiger partial charge in [-0.25, -0.2) is 0 Å². The van der Waals surface area contributed by atoms with Crippen molar-refractivity contribution in [3.05, 3.63) is 70.2 Å². The van der Waals surface area contributed by atoms with Crippen molar-refractivity contribution in [1.29, 1.82) is 0 Å². The largest absolute Gasteiger partial charge is 0.274 e. The van der Waals surface area contributed by atoms with Crippen molar-refractivity contribution < 1.29 is 9.59 Å². The molecule has 100 valence electrons. The van der Waals surface area contributed by atoms with E-state index in [0.717, 1.165) is 5.56 Å². The van der Waals surface area contributed by atoms with Crippen molar-refractivity contribution in [3.8, 4) is 0 Å².